The van der Waals surface area contributed by atoms with E-state index in [-0.39, 0.29) is 11.8 Å². The van der Waals surface area contributed by atoms with Gasteiger partial charge in [0.25, 0.3) is 0 Å². The molecule has 0 spiro atoms. The van der Waals surface area contributed by atoms with Crippen molar-refractivity contribution in [2.24, 2.45) is 0 Å². The number of unbranched alkanes of at least 4 members (excludes halogenated alkanes) is 3. The van der Waals surface area contributed by atoms with Gasteiger partial charge >= 0.3 is 0 Å². The van der Waals surface area contributed by atoms with Gasteiger partial charge in [-0.3, -0.25) is 4.79 Å². The summed E-state index contributed by atoms with van der Waals surface area (Å²) in [6.07, 6.45) is 4.60. The Morgan fingerprint density at radius 3 is 2.62 bits per heavy atom. The zero-order valence-electron chi connectivity index (χ0n) is 7.98. The molecule has 0 saturated heterocycles. The average Bonchev–Trinajstić information content (AvgIpc) is 2.16. The van der Waals surface area contributed by atoms with Crippen LogP contribution in [0.1, 0.15) is 32.6 Å². The Morgan fingerprint density at radius 1 is 1.38 bits per heavy atom. The number of amides is 1. The van der Waals surface area contributed by atoms with E-state index in [1.165, 1.54) is 12.8 Å². The summed E-state index contributed by atoms with van der Waals surface area (Å²) in [6.45, 7) is 2.86. The molecule has 1 amide bonds. The summed E-state index contributed by atoms with van der Waals surface area (Å²) in [5.41, 5.74) is 0. The van der Waals surface area contributed by atoms with Gasteiger partial charge in [-0.1, -0.05) is 26.2 Å². The summed E-state index contributed by atoms with van der Waals surface area (Å²) in [5.74, 6) is 0.00989. The second-order valence-corrected chi connectivity index (χ2v) is 3.81. The molecular weight excluding hydrogens is 209 g/mol. The van der Waals surface area contributed by atoms with Crippen LogP contribution in [0.25, 0.3) is 0 Å². The highest BCUT2D eigenvalue weighted by Crippen LogP contribution is 2.00. The van der Waals surface area contributed by atoms with E-state index in [0.29, 0.717) is 6.54 Å². The zero-order valence-corrected chi connectivity index (χ0v) is 9.50. The summed E-state index contributed by atoms with van der Waals surface area (Å²) >= 11 is 11.0. The number of rotatable bonds is 7. The molecule has 0 aliphatic carbocycles. The van der Waals surface area contributed by atoms with E-state index in [2.05, 4.69) is 12.2 Å². The van der Waals surface area contributed by atoms with E-state index in [1.54, 1.807) is 0 Å². The Morgan fingerprint density at radius 2 is 2.08 bits per heavy atom. The first kappa shape index (κ1) is 13.1. The van der Waals surface area contributed by atoms with Crippen molar-refractivity contribution in [2.45, 2.75) is 38.0 Å². The zero-order chi connectivity index (χ0) is 10.1. The molecule has 4 heteroatoms. The summed E-state index contributed by atoms with van der Waals surface area (Å²) in [5, 5.41) is 2.15. The van der Waals surface area contributed by atoms with E-state index in [1.807, 2.05) is 0 Å². The molecule has 0 bridgehead atoms. The molecule has 1 N–H and O–H groups in total. The van der Waals surface area contributed by atoms with Crippen molar-refractivity contribution in [3.8, 4) is 0 Å². The number of halogens is 2. The molecule has 1 unspecified atom stereocenters. The van der Waals surface area contributed by atoms with Crippen molar-refractivity contribution in [3.63, 3.8) is 0 Å². The van der Waals surface area contributed by atoms with Gasteiger partial charge in [0, 0.05) is 12.4 Å². The minimum absolute atomic E-state index is 0.159. The molecule has 0 aromatic carbocycles. The highest BCUT2D eigenvalue weighted by atomic mass is 35.5. The largest absolute Gasteiger partial charge is 0.355 e. The Labute approximate surface area is 90.0 Å². The maximum absolute atomic E-state index is 11.1. The van der Waals surface area contributed by atoms with Crippen LogP contribution >= 0.6 is 23.2 Å². The summed E-state index contributed by atoms with van der Waals surface area (Å²) in [4.78, 5) is 11.1. The molecule has 0 rings (SSSR count). The monoisotopic (exact) mass is 225 g/mol. The highest BCUT2D eigenvalue weighted by Gasteiger charge is 2.11. The van der Waals surface area contributed by atoms with Gasteiger partial charge in [0.15, 0.2) is 0 Å². The molecule has 0 aromatic rings. The SMILES string of the molecule is CCCCCCNC(=O)C(Cl)CCl. The third-order valence-corrected chi connectivity index (χ3v) is 2.57. The van der Waals surface area contributed by atoms with Gasteiger partial charge in [-0.25, -0.2) is 0 Å². The second-order valence-electron chi connectivity index (χ2n) is 2.97. The second kappa shape index (κ2) is 8.64. The third-order valence-electron chi connectivity index (χ3n) is 1.75. The van der Waals surface area contributed by atoms with Gasteiger partial charge in [0.05, 0.1) is 0 Å². The van der Waals surface area contributed by atoms with Crippen LogP contribution in [0.4, 0.5) is 0 Å². The van der Waals surface area contributed by atoms with Crippen LogP contribution in [-0.4, -0.2) is 23.7 Å². The maximum Gasteiger partial charge on any atom is 0.239 e. The predicted molar refractivity (Wildman–Crippen MR) is 57.5 cm³/mol. The van der Waals surface area contributed by atoms with Crippen LogP contribution in [0.15, 0.2) is 0 Å². The molecule has 0 fully saturated rings. The van der Waals surface area contributed by atoms with E-state index < -0.39 is 5.38 Å². The molecule has 0 saturated carbocycles. The van der Waals surface area contributed by atoms with Gasteiger partial charge in [-0.2, -0.15) is 0 Å². The molecule has 1 atom stereocenters. The Bertz CT molecular complexity index is 142. The smallest absolute Gasteiger partial charge is 0.239 e. The fourth-order valence-electron chi connectivity index (χ4n) is 0.944. The Balaban J connectivity index is 3.27. The lowest BCUT2D eigenvalue weighted by atomic mass is 10.2. The van der Waals surface area contributed by atoms with Crippen molar-refractivity contribution >= 4 is 29.1 Å². The van der Waals surface area contributed by atoms with E-state index in [0.717, 1.165) is 12.8 Å². The number of hydrogen-bond acceptors (Lipinski definition) is 1. The van der Waals surface area contributed by atoms with E-state index in [4.69, 9.17) is 23.2 Å². The first-order chi connectivity index (χ1) is 6.22. The van der Waals surface area contributed by atoms with Crippen LogP contribution in [0.2, 0.25) is 0 Å². The predicted octanol–water partition coefficient (Wildman–Crippen LogP) is 2.53. The molecule has 0 aliphatic rings. The van der Waals surface area contributed by atoms with E-state index in [9.17, 15) is 4.79 Å². The Hall–Kier alpha value is 0.0500. The van der Waals surface area contributed by atoms with Crippen molar-refractivity contribution in [2.75, 3.05) is 12.4 Å². The van der Waals surface area contributed by atoms with Crippen LogP contribution in [0, 0.1) is 0 Å². The Kier molecular flexibility index (Phi) is 8.67. The fourth-order valence-corrected chi connectivity index (χ4v) is 1.16. The lowest BCUT2D eigenvalue weighted by Gasteiger charge is -2.06. The minimum Gasteiger partial charge on any atom is -0.355 e. The topological polar surface area (TPSA) is 29.1 Å². The summed E-state index contributed by atoms with van der Waals surface area (Å²) in [6, 6.07) is 0. The molecule has 0 aromatic heterocycles. The van der Waals surface area contributed by atoms with Gasteiger partial charge in [0.1, 0.15) is 5.38 Å². The van der Waals surface area contributed by atoms with Gasteiger partial charge in [0.2, 0.25) is 5.91 Å². The average molecular weight is 226 g/mol. The van der Waals surface area contributed by atoms with Crippen molar-refractivity contribution in [3.05, 3.63) is 0 Å². The quantitative estimate of drug-likeness (QED) is 0.524. The number of carbonyl (C=O) groups excluding carboxylic acids is 1. The van der Waals surface area contributed by atoms with Crippen molar-refractivity contribution in [1.82, 2.24) is 5.32 Å². The van der Waals surface area contributed by atoms with Gasteiger partial charge < -0.3 is 5.32 Å². The fraction of sp³-hybridized carbons (Fsp3) is 0.889. The number of carbonyl (C=O) groups is 1. The molecule has 78 valence electrons. The molecule has 0 radical (unpaired) electrons. The highest BCUT2D eigenvalue weighted by molar-refractivity contribution is 6.36. The lowest BCUT2D eigenvalue weighted by Crippen LogP contribution is -2.32. The summed E-state index contributed by atoms with van der Waals surface area (Å²) in [7, 11) is 0. The van der Waals surface area contributed by atoms with Crippen molar-refractivity contribution < 1.29 is 4.79 Å². The number of alkyl halides is 2. The van der Waals surface area contributed by atoms with Crippen LogP contribution in [0.5, 0.6) is 0 Å². The normalized spacial score (nSPS) is 12.5. The number of hydrogen-bond donors (Lipinski definition) is 1. The van der Waals surface area contributed by atoms with Crippen LogP contribution in [0.3, 0.4) is 0 Å². The molecule has 0 aliphatic heterocycles. The molecule has 2 nitrogen and oxygen atoms in total. The molecular formula is C9H17Cl2NO. The number of nitrogens with one attached hydrogen (secondary N) is 1. The molecule has 0 heterocycles. The van der Waals surface area contributed by atoms with Crippen LogP contribution in [-0.2, 0) is 4.79 Å². The minimum atomic E-state index is -0.590. The lowest BCUT2D eigenvalue weighted by molar-refractivity contribution is -0.120. The first-order valence-corrected chi connectivity index (χ1v) is 5.67. The van der Waals surface area contributed by atoms with Gasteiger partial charge in [-0.15, -0.1) is 23.2 Å². The maximum atomic E-state index is 11.1. The van der Waals surface area contributed by atoms with Crippen LogP contribution < -0.4 is 5.32 Å². The third kappa shape index (κ3) is 7.15. The summed E-state index contributed by atoms with van der Waals surface area (Å²) < 4.78 is 0. The van der Waals surface area contributed by atoms with Gasteiger partial charge in [-0.05, 0) is 6.42 Å². The molecule has 13 heavy (non-hydrogen) atoms. The standard InChI is InChI=1S/C9H17Cl2NO/c1-2-3-4-5-6-12-9(13)8(11)7-10/h8H,2-7H2,1H3,(H,12,13). The van der Waals surface area contributed by atoms with Crippen molar-refractivity contribution in [1.29, 1.82) is 0 Å². The van der Waals surface area contributed by atoms with E-state index >= 15 is 0 Å². The first-order valence-electron chi connectivity index (χ1n) is 4.70.